The van der Waals surface area contributed by atoms with Gasteiger partial charge in [0.15, 0.2) is 0 Å². The van der Waals surface area contributed by atoms with Crippen LogP contribution in [0.5, 0.6) is 0 Å². The first-order chi connectivity index (χ1) is 11.3. The molecule has 0 spiro atoms. The summed E-state index contributed by atoms with van der Waals surface area (Å²) in [6.45, 7) is 8.05. The number of hydrogen-bond acceptors (Lipinski definition) is 1. The molecule has 0 aromatic heterocycles. The fraction of sp³-hybridized carbons (Fsp3) is 1.00. The molecule has 0 aliphatic carbocycles. The van der Waals surface area contributed by atoms with Crippen molar-refractivity contribution in [1.82, 2.24) is 5.32 Å². The molecule has 0 radical (unpaired) electrons. The van der Waals surface area contributed by atoms with E-state index in [2.05, 4.69) is 26.1 Å². The van der Waals surface area contributed by atoms with Gasteiger partial charge in [-0.15, -0.1) is 0 Å². The Labute approximate surface area is 148 Å². The maximum absolute atomic E-state index is 3.58. The summed E-state index contributed by atoms with van der Waals surface area (Å²) >= 11 is 0. The summed E-state index contributed by atoms with van der Waals surface area (Å²) in [7, 11) is 0. The molecule has 0 aliphatic rings. The minimum absolute atomic E-state index is 0.700. The summed E-state index contributed by atoms with van der Waals surface area (Å²) in [6.07, 6.45) is 24.5. The van der Waals surface area contributed by atoms with Gasteiger partial charge in [0.1, 0.15) is 0 Å². The third kappa shape index (κ3) is 19.9. The average molecular weight is 326 g/mol. The molecule has 1 unspecified atom stereocenters. The Bertz CT molecular complexity index is 202. The normalized spacial score (nSPS) is 12.7. The van der Waals surface area contributed by atoms with Gasteiger partial charge < -0.3 is 5.32 Å². The van der Waals surface area contributed by atoms with E-state index in [1.807, 2.05) is 0 Å². The zero-order chi connectivity index (χ0) is 17.0. The van der Waals surface area contributed by atoms with Gasteiger partial charge >= 0.3 is 0 Å². The standard InChI is InChI=1S/C22H47N/c1-4-6-7-8-9-10-11-12-13-14-15-16-17-18-19-20-21-23-22(3)5-2/h22-23H,4-21H2,1-3H3. The van der Waals surface area contributed by atoms with E-state index in [0.29, 0.717) is 6.04 Å². The molecule has 0 bridgehead atoms. The zero-order valence-electron chi connectivity index (χ0n) is 16.8. The van der Waals surface area contributed by atoms with E-state index in [1.165, 1.54) is 116 Å². The summed E-state index contributed by atoms with van der Waals surface area (Å²) in [5.74, 6) is 0. The van der Waals surface area contributed by atoms with Crippen LogP contribution >= 0.6 is 0 Å². The first kappa shape index (κ1) is 23.0. The highest BCUT2D eigenvalue weighted by Crippen LogP contribution is 2.13. The molecule has 0 amide bonds. The fourth-order valence-electron chi connectivity index (χ4n) is 3.17. The summed E-state index contributed by atoms with van der Waals surface area (Å²) in [4.78, 5) is 0. The van der Waals surface area contributed by atoms with Crippen LogP contribution in [0.3, 0.4) is 0 Å². The van der Waals surface area contributed by atoms with Gasteiger partial charge in [0.25, 0.3) is 0 Å². The lowest BCUT2D eigenvalue weighted by Crippen LogP contribution is -2.25. The zero-order valence-corrected chi connectivity index (χ0v) is 16.8. The second-order valence-corrected chi connectivity index (χ2v) is 7.57. The van der Waals surface area contributed by atoms with Crippen molar-refractivity contribution in [2.75, 3.05) is 6.54 Å². The maximum Gasteiger partial charge on any atom is 0.00360 e. The lowest BCUT2D eigenvalue weighted by atomic mass is 10.0. The van der Waals surface area contributed by atoms with Gasteiger partial charge in [-0.1, -0.05) is 110 Å². The number of unbranched alkanes of at least 4 members (excludes halogenated alkanes) is 15. The quantitative estimate of drug-likeness (QED) is 0.241. The minimum atomic E-state index is 0.700. The van der Waals surface area contributed by atoms with E-state index in [4.69, 9.17) is 0 Å². The van der Waals surface area contributed by atoms with Crippen LogP contribution in [0, 0.1) is 0 Å². The molecule has 140 valence electrons. The first-order valence-electron chi connectivity index (χ1n) is 11.0. The highest BCUT2D eigenvalue weighted by atomic mass is 14.9. The van der Waals surface area contributed by atoms with E-state index in [9.17, 15) is 0 Å². The van der Waals surface area contributed by atoms with Crippen LogP contribution in [0.4, 0.5) is 0 Å². The van der Waals surface area contributed by atoms with E-state index in [-0.39, 0.29) is 0 Å². The molecular weight excluding hydrogens is 278 g/mol. The topological polar surface area (TPSA) is 12.0 Å². The maximum atomic E-state index is 3.58. The molecule has 0 aliphatic heterocycles. The molecule has 1 heteroatoms. The predicted molar refractivity (Wildman–Crippen MR) is 107 cm³/mol. The van der Waals surface area contributed by atoms with Crippen LogP contribution in [-0.4, -0.2) is 12.6 Å². The van der Waals surface area contributed by atoms with E-state index >= 15 is 0 Å². The average Bonchev–Trinajstić information content (AvgIpc) is 2.57. The van der Waals surface area contributed by atoms with Gasteiger partial charge in [-0.3, -0.25) is 0 Å². The van der Waals surface area contributed by atoms with Crippen molar-refractivity contribution in [1.29, 1.82) is 0 Å². The molecule has 0 saturated heterocycles. The minimum Gasteiger partial charge on any atom is -0.314 e. The largest absolute Gasteiger partial charge is 0.314 e. The van der Waals surface area contributed by atoms with Gasteiger partial charge in [0.2, 0.25) is 0 Å². The first-order valence-corrected chi connectivity index (χ1v) is 11.0. The van der Waals surface area contributed by atoms with Crippen molar-refractivity contribution < 1.29 is 0 Å². The van der Waals surface area contributed by atoms with Crippen molar-refractivity contribution in [2.45, 2.75) is 136 Å². The number of rotatable bonds is 19. The molecule has 1 N–H and O–H groups in total. The van der Waals surface area contributed by atoms with Crippen LogP contribution in [-0.2, 0) is 0 Å². The highest BCUT2D eigenvalue weighted by molar-refractivity contribution is 4.57. The van der Waals surface area contributed by atoms with Crippen molar-refractivity contribution in [3.05, 3.63) is 0 Å². The molecule has 0 rings (SSSR count). The van der Waals surface area contributed by atoms with Crippen molar-refractivity contribution in [3.8, 4) is 0 Å². The van der Waals surface area contributed by atoms with Crippen molar-refractivity contribution in [2.24, 2.45) is 0 Å². The van der Waals surface area contributed by atoms with E-state index in [1.54, 1.807) is 0 Å². The number of hydrogen-bond donors (Lipinski definition) is 1. The second-order valence-electron chi connectivity index (χ2n) is 7.57. The Morgan fingerprint density at radius 3 is 1.22 bits per heavy atom. The van der Waals surface area contributed by atoms with Crippen LogP contribution in [0.15, 0.2) is 0 Å². The second kappa shape index (κ2) is 20.0. The Balaban J connectivity index is 2.97. The lowest BCUT2D eigenvalue weighted by molar-refractivity contribution is 0.498. The predicted octanol–water partition coefficient (Wildman–Crippen LogP) is 7.64. The van der Waals surface area contributed by atoms with Gasteiger partial charge in [0.05, 0.1) is 0 Å². The fourth-order valence-corrected chi connectivity index (χ4v) is 3.17. The molecule has 23 heavy (non-hydrogen) atoms. The van der Waals surface area contributed by atoms with E-state index in [0.717, 1.165) is 0 Å². The Hall–Kier alpha value is -0.0400. The highest BCUT2D eigenvalue weighted by Gasteiger charge is 1.97. The summed E-state index contributed by atoms with van der Waals surface area (Å²) < 4.78 is 0. The van der Waals surface area contributed by atoms with Gasteiger partial charge in [0, 0.05) is 6.04 Å². The van der Waals surface area contributed by atoms with Gasteiger partial charge in [-0.2, -0.15) is 0 Å². The molecule has 0 aromatic rings. The van der Waals surface area contributed by atoms with Gasteiger partial charge in [-0.25, -0.2) is 0 Å². The van der Waals surface area contributed by atoms with Crippen LogP contribution in [0.2, 0.25) is 0 Å². The van der Waals surface area contributed by atoms with Crippen LogP contribution < -0.4 is 5.32 Å². The third-order valence-electron chi connectivity index (χ3n) is 5.14. The van der Waals surface area contributed by atoms with Gasteiger partial charge in [-0.05, 0) is 26.3 Å². The van der Waals surface area contributed by atoms with Crippen LogP contribution in [0.25, 0.3) is 0 Å². The Morgan fingerprint density at radius 1 is 0.522 bits per heavy atom. The molecule has 0 saturated carbocycles. The molecule has 0 heterocycles. The monoisotopic (exact) mass is 325 g/mol. The Morgan fingerprint density at radius 2 is 0.870 bits per heavy atom. The summed E-state index contributed by atoms with van der Waals surface area (Å²) in [5, 5.41) is 3.58. The SMILES string of the molecule is CCCCCCCCCCCCCCCCCCNC(C)CC. The lowest BCUT2D eigenvalue weighted by Gasteiger charge is -2.10. The smallest absolute Gasteiger partial charge is 0.00360 e. The van der Waals surface area contributed by atoms with Crippen molar-refractivity contribution >= 4 is 0 Å². The summed E-state index contributed by atoms with van der Waals surface area (Å²) in [6, 6.07) is 0.700. The molecule has 0 aromatic carbocycles. The Kier molecular flexibility index (Phi) is 20.0. The third-order valence-corrected chi connectivity index (χ3v) is 5.14. The molecule has 1 nitrogen and oxygen atoms in total. The van der Waals surface area contributed by atoms with Crippen LogP contribution in [0.1, 0.15) is 130 Å². The summed E-state index contributed by atoms with van der Waals surface area (Å²) in [5.41, 5.74) is 0. The number of nitrogens with one attached hydrogen (secondary N) is 1. The van der Waals surface area contributed by atoms with E-state index < -0.39 is 0 Å². The van der Waals surface area contributed by atoms with Crippen molar-refractivity contribution in [3.63, 3.8) is 0 Å². The molecule has 0 fully saturated rings. The molecular formula is C22H47N. The molecule has 1 atom stereocenters.